The molecule has 36 heavy (non-hydrogen) atoms. The summed E-state index contributed by atoms with van der Waals surface area (Å²) in [6.07, 6.45) is 4.42. The minimum absolute atomic E-state index is 0.129. The number of hydrogen-bond donors (Lipinski definition) is 2. The lowest BCUT2D eigenvalue weighted by Gasteiger charge is -2.41. The minimum Gasteiger partial charge on any atom is -0.371 e. The first-order chi connectivity index (χ1) is 17.3. The Morgan fingerprint density at radius 2 is 1.86 bits per heavy atom. The van der Waals surface area contributed by atoms with Crippen LogP contribution in [0.25, 0.3) is 16.6 Å². The maximum atomic E-state index is 12.7. The van der Waals surface area contributed by atoms with E-state index in [1.165, 1.54) is 0 Å². The molecule has 0 saturated carbocycles. The first-order valence-electron chi connectivity index (χ1n) is 12.9. The Bertz CT molecular complexity index is 1200. The van der Waals surface area contributed by atoms with E-state index in [1.807, 2.05) is 42.5 Å². The molecular formula is C28H38N6O2. The number of benzene rings is 1. The molecule has 2 N–H and O–H groups in total. The summed E-state index contributed by atoms with van der Waals surface area (Å²) in [4.78, 5) is 33.6. The van der Waals surface area contributed by atoms with Crippen molar-refractivity contribution < 1.29 is 9.59 Å². The quantitative estimate of drug-likeness (QED) is 0.556. The fraction of sp³-hybridized carbons (Fsp3) is 0.464. The van der Waals surface area contributed by atoms with Crippen LogP contribution in [0.1, 0.15) is 45.6 Å². The number of carbonyl (C=O) groups excluding carboxylic acids is 2. The number of aliphatic imine (C=N–C) groups is 1. The summed E-state index contributed by atoms with van der Waals surface area (Å²) < 4.78 is 2.03. The predicted molar refractivity (Wildman–Crippen MR) is 145 cm³/mol. The molecule has 1 spiro atoms. The average molecular weight is 491 g/mol. The van der Waals surface area contributed by atoms with E-state index >= 15 is 0 Å². The normalized spacial score (nSPS) is 16.5. The molecule has 3 heterocycles. The second-order valence-electron chi connectivity index (χ2n) is 9.66. The zero-order chi connectivity index (χ0) is 25.9. The van der Waals surface area contributed by atoms with Gasteiger partial charge in [0.25, 0.3) is 5.91 Å². The van der Waals surface area contributed by atoms with Gasteiger partial charge in [-0.2, -0.15) is 0 Å². The summed E-state index contributed by atoms with van der Waals surface area (Å²) in [6, 6.07) is 8.30. The molecule has 8 heteroatoms. The summed E-state index contributed by atoms with van der Waals surface area (Å²) in [7, 11) is 0. The number of rotatable bonds is 8. The van der Waals surface area contributed by atoms with E-state index in [9.17, 15) is 9.59 Å². The minimum atomic E-state index is -0.176. The van der Waals surface area contributed by atoms with Gasteiger partial charge in [-0.3, -0.25) is 19.9 Å². The molecule has 0 unspecified atom stereocenters. The fourth-order valence-corrected chi connectivity index (χ4v) is 5.08. The van der Waals surface area contributed by atoms with Crippen LogP contribution in [0.3, 0.4) is 0 Å². The monoisotopic (exact) mass is 490 g/mol. The van der Waals surface area contributed by atoms with E-state index in [1.54, 1.807) is 0 Å². The van der Waals surface area contributed by atoms with E-state index in [4.69, 9.17) is 0 Å². The summed E-state index contributed by atoms with van der Waals surface area (Å²) in [5, 5.41) is 7.43. The van der Waals surface area contributed by atoms with E-state index < -0.39 is 0 Å². The van der Waals surface area contributed by atoms with Gasteiger partial charge in [0.05, 0.1) is 12.1 Å². The van der Waals surface area contributed by atoms with Gasteiger partial charge in [0, 0.05) is 60.1 Å². The topological polar surface area (TPSA) is 82.0 Å². The average Bonchev–Trinajstić information content (AvgIpc) is 3.48. The SMILES string of the molecule is C=C(CC)C(=O)NC1=NCC2(CCN(C(=C)c3cccc4c3ccn4CC(=O)N(CC)CC)CC2)N1. The molecule has 2 aliphatic rings. The first kappa shape index (κ1) is 25.5. The van der Waals surface area contributed by atoms with Gasteiger partial charge in [-0.15, -0.1) is 0 Å². The number of fused-ring (bicyclic) bond motifs is 1. The zero-order valence-electron chi connectivity index (χ0n) is 21.8. The van der Waals surface area contributed by atoms with Crippen molar-refractivity contribution in [3.05, 3.63) is 54.8 Å². The Hall–Kier alpha value is -3.55. The third kappa shape index (κ3) is 5.03. The molecule has 2 aliphatic heterocycles. The number of nitrogens with zero attached hydrogens (tertiary/aromatic N) is 4. The highest BCUT2D eigenvalue weighted by atomic mass is 16.2. The molecule has 0 aliphatic carbocycles. The van der Waals surface area contributed by atoms with Crippen molar-refractivity contribution in [1.29, 1.82) is 0 Å². The van der Waals surface area contributed by atoms with Gasteiger partial charge in [0.1, 0.15) is 6.54 Å². The predicted octanol–water partition coefficient (Wildman–Crippen LogP) is 3.36. The van der Waals surface area contributed by atoms with Crippen LogP contribution < -0.4 is 10.6 Å². The molecule has 4 rings (SSSR count). The summed E-state index contributed by atoms with van der Waals surface area (Å²) in [5.41, 5.74) is 3.55. The lowest BCUT2D eigenvalue weighted by molar-refractivity contribution is -0.131. The maximum Gasteiger partial charge on any atom is 0.253 e. The highest BCUT2D eigenvalue weighted by Gasteiger charge is 2.39. The van der Waals surface area contributed by atoms with Gasteiger partial charge in [-0.1, -0.05) is 32.2 Å². The lowest BCUT2D eigenvalue weighted by atomic mass is 9.87. The lowest BCUT2D eigenvalue weighted by Crippen LogP contribution is -2.55. The molecule has 1 saturated heterocycles. The number of nitrogens with one attached hydrogen (secondary N) is 2. The molecule has 2 aromatic rings. The largest absolute Gasteiger partial charge is 0.371 e. The molecule has 192 valence electrons. The summed E-state index contributed by atoms with van der Waals surface area (Å²) in [5.74, 6) is 0.501. The van der Waals surface area contributed by atoms with Crippen molar-refractivity contribution in [1.82, 2.24) is 25.0 Å². The van der Waals surface area contributed by atoms with Gasteiger partial charge >= 0.3 is 0 Å². The third-order valence-electron chi connectivity index (χ3n) is 7.55. The summed E-state index contributed by atoms with van der Waals surface area (Å²) in [6.45, 7) is 18.3. The van der Waals surface area contributed by atoms with E-state index in [0.29, 0.717) is 31.0 Å². The Morgan fingerprint density at radius 3 is 2.53 bits per heavy atom. The molecule has 8 nitrogen and oxygen atoms in total. The second-order valence-corrected chi connectivity index (χ2v) is 9.66. The van der Waals surface area contributed by atoms with Crippen LogP contribution in [-0.2, 0) is 16.1 Å². The van der Waals surface area contributed by atoms with E-state index in [-0.39, 0.29) is 17.4 Å². The van der Waals surface area contributed by atoms with E-state index in [2.05, 4.69) is 51.9 Å². The number of piperidine rings is 1. The molecule has 1 aromatic carbocycles. The molecular weight excluding hydrogens is 452 g/mol. The van der Waals surface area contributed by atoms with Crippen LogP contribution in [0.15, 0.2) is 54.2 Å². The number of carbonyl (C=O) groups is 2. The van der Waals surface area contributed by atoms with Gasteiger partial charge in [-0.25, -0.2) is 0 Å². The molecule has 1 fully saturated rings. The number of aromatic nitrogens is 1. The standard InChI is InChI=1S/C28H38N6O2/c1-6-20(4)26(36)30-27-29-19-28(31-27)13-16-33(17-14-28)21(5)22-10-9-11-24-23(22)12-15-34(24)18-25(35)32(7-2)8-3/h9-12,15H,4-8,13-14,16-19H2,1-3H3,(H2,29,30,31,36). The van der Waals surface area contributed by atoms with Crippen LogP contribution in [0.2, 0.25) is 0 Å². The third-order valence-corrected chi connectivity index (χ3v) is 7.55. The number of guanidine groups is 1. The zero-order valence-corrected chi connectivity index (χ0v) is 21.8. The number of hydrogen-bond acceptors (Lipinski definition) is 5. The van der Waals surface area contributed by atoms with Crippen molar-refractivity contribution in [2.45, 2.75) is 52.1 Å². The van der Waals surface area contributed by atoms with E-state index in [0.717, 1.165) is 61.2 Å². The fourth-order valence-electron chi connectivity index (χ4n) is 5.08. The van der Waals surface area contributed by atoms with Gasteiger partial charge in [0.15, 0.2) is 5.96 Å². The molecule has 0 bridgehead atoms. The molecule has 0 atom stereocenters. The van der Waals surface area contributed by atoms with Crippen LogP contribution in [0, 0.1) is 0 Å². The Balaban J connectivity index is 1.40. The van der Waals surface area contributed by atoms with Crippen molar-refractivity contribution in [2.24, 2.45) is 4.99 Å². The Morgan fingerprint density at radius 1 is 1.14 bits per heavy atom. The number of likely N-dealkylation sites (N-methyl/N-ethyl adjacent to an activating group) is 1. The van der Waals surface area contributed by atoms with Gasteiger partial charge in [-0.05, 0) is 45.2 Å². The van der Waals surface area contributed by atoms with Gasteiger partial charge in [0.2, 0.25) is 5.91 Å². The first-order valence-corrected chi connectivity index (χ1v) is 12.9. The van der Waals surface area contributed by atoms with Crippen LogP contribution in [-0.4, -0.2) is 70.4 Å². The number of amides is 2. The second kappa shape index (κ2) is 10.6. The highest BCUT2D eigenvalue weighted by Crippen LogP contribution is 2.33. The maximum absolute atomic E-state index is 12.7. The molecule has 0 radical (unpaired) electrons. The van der Waals surface area contributed by atoms with Gasteiger partial charge < -0.3 is 19.7 Å². The Kier molecular flexibility index (Phi) is 7.52. The van der Waals surface area contributed by atoms with Crippen LogP contribution in [0.5, 0.6) is 0 Å². The smallest absolute Gasteiger partial charge is 0.253 e. The van der Waals surface area contributed by atoms with Crippen molar-refractivity contribution in [3.8, 4) is 0 Å². The van der Waals surface area contributed by atoms with Crippen LogP contribution in [0.4, 0.5) is 0 Å². The molecule has 2 amide bonds. The van der Waals surface area contributed by atoms with Crippen molar-refractivity contribution in [2.75, 3.05) is 32.7 Å². The molecule has 1 aromatic heterocycles. The Labute approximate surface area is 213 Å². The van der Waals surface area contributed by atoms with Crippen molar-refractivity contribution in [3.63, 3.8) is 0 Å². The summed E-state index contributed by atoms with van der Waals surface area (Å²) >= 11 is 0. The van der Waals surface area contributed by atoms with Crippen molar-refractivity contribution >= 4 is 34.4 Å². The number of likely N-dealkylation sites (tertiary alicyclic amines) is 1. The van der Waals surface area contributed by atoms with Crippen LogP contribution >= 0.6 is 0 Å². The highest BCUT2D eigenvalue weighted by molar-refractivity contribution is 6.05.